The Morgan fingerprint density at radius 2 is 0.765 bits per heavy atom. The first-order chi connectivity index (χ1) is 39.6. The fourth-order valence-corrected chi connectivity index (χ4v) is 13.2. The molecule has 0 radical (unpaired) electrons. The summed E-state index contributed by atoms with van der Waals surface area (Å²) >= 11 is 0. The third kappa shape index (κ3) is 7.79. The van der Waals surface area contributed by atoms with Gasteiger partial charge in [-0.2, -0.15) is 9.97 Å². The fraction of sp³-hybridized carbons (Fsp3) is 0.0921. The van der Waals surface area contributed by atoms with E-state index in [0.717, 1.165) is 67.1 Å². The van der Waals surface area contributed by atoms with Crippen LogP contribution in [0.25, 0.3) is 106 Å². The van der Waals surface area contributed by atoms with Crippen molar-refractivity contribution in [1.29, 1.82) is 0 Å². The van der Waals surface area contributed by atoms with Gasteiger partial charge in [0.25, 0.3) is 0 Å². The van der Waals surface area contributed by atoms with Gasteiger partial charge < -0.3 is 4.57 Å². The highest BCUT2D eigenvalue weighted by atomic mass is 15.3. The van der Waals surface area contributed by atoms with Gasteiger partial charge in [0.2, 0.25) is 5.95 Å². The van der Waals surface area contributed by atoms with E-state index in [1.54, 1.807) is 0 Å². The molecule has 2 aliphatic rings. The van der Waals surface area contributed by atoms with Gasteiger partial charge in [-0.05, 0) is 128 Å². The molecule has 0 N–H and O–H groups in total. The Hall–Kier alpha value is -9.97. The van der Waals surface area contributed by atoms with Gasteiger partial charge in [-0.1, -0.05) is 233 Å². The lowest BCUT2D eigenvalue weighted by atomic mass is 9.82. The van der Waals surface area contributed by atoms with Crippen molar-refractivity contribution in [2.45, 2.75) is 45.4 Å². The molecular weight excluding hydrogens is 983 g/mol. The summed E-state index contributed by atoms with van der Waals surface area (Å²) in [6.07, 6.45) is 0. The molecule has 2 aromatic heterocycles. The Bertz CT molecular complexity index is 4450. The number of para-hydroxylation sites is 2. The normalized spacial score (nSPS) is 13.4. The van der Waals surface area contributed by atoms with E-state index in [4.69, 9.17) is 15.0 Å². The van der Waals surface area contributed by atoms with E-state index in [-0.39, 0.29) is 10.8 Å². The lowest BCUT2D eigenvalue weighted by molar-refractivity contribution is 0.660. The Labute approximate surface area is 473 Å². The van der Waals surface area contributed by atoms with E-state index in [2.05, 4.69) is 281 Å². The summed E-state index contributed by atoms with van der Waals surface area (Å²) < 4.78 is 2.56. The molecule has 386 valence electrons. The molecule has 0 unspecified atom stereocenters. The second-order valence-electron chi connectivity index (χ2n) is 22.9. The minimum atomic E-state index is -0.204. The molecule has 5 nitrogen and oxygen atoms in total. The van der Waals surface area contributed by atoms with Crippen LogP contribution in [0.4, 0.5) is 17.3 Å². The summed E-state index contributed by atoms with van der Waals surface area (Å²) in [5, 5.41) is 2.47. The third-order valence-corrected chi connectivity index (χ3v) is 17.3. The first-order valence-corrected chi connectivity index (χ1v) is 28.1. The molecule has 0 spiro atoms. The number of benzene rings is 11. The monoisotopic (exact) mass is 1040 g/mol. The van der Waals surface area contributed by atoms with Crippen LogP contribution in [-0.4, -0.2) is 19.5 Å². The van der Waals surface area contributed by atoms with Crippen LogP contribution in [0, 0.1) is 6.92 Å². The lowest BCUT2D eigenvalue weighted by Crippen LogP contribution is -2.17. The van der Waals surface area contributed by atoms with Crippen molar-refractivity contribution in [1.82, 2.24) is 19.5 Å². The molecule has 2 heterocycles. The Morgan fingerprint density at radius 3 is 1.30 bits per heavy atom. The van der Waals surface area contributed by atoms with Crippen molar-refractivity contribution in [2.24, 2.45) is 0 Å². The van der Waals surface area contributed by atoms with Crippen LogP contribution >= 0.6 is 0 Å². The third-order valence-electron chi connectivity index (χ3n) is 17.3. The van der Waals surface area contributed by atoms with Crippen molar-refractivity contribution < 1.29 is 0 Å². The summed E-state index contributed by atoms with van der Waals surface area (Å²) in [5.41, 5.74) is 24.9. The standard InChI is InChI=1S/C76H57N5/c1-48-37-39-52(40-38-48)73-77-72(51-27-13-8-14-28-51)78-74(79-73)80(55-42-53(49-23-9-6-10-24-49)41-54(43-55)50-25-11-7-12-26-50)68-35-21-17-31-58(68)59-32-18-22-36-69(59)81-70-46-66-60(56-29-15-19-33-64(56)75(66,2)3)44-62(70)63-45-61-57-30-16-20-34-65(57)76(4,5)67(61)47-71(63)81/h6-47H,1-5H3. The van der Waals surface area contributed by atoms with E-state index in [1.807, 2.05) is 18.2 Å². The number of hydrogen-bond acceptors (Lipinski definition) is 4. The largest absolute Gasteiger partial charge is 0.309 e. The van der Waals surface area contributed by atoms with Gasteiger partial charge in [-0.15, -0.1) is 0 Å². The number of aromatic nitrogens is 4. The summed E-state index contributed by atoms with van der Waals surface area (Å²) in [7, 11) is 0. The van der Waals surface area contributed by atoms with Gasteiger partial charge in [0, 0.05) is 43.9 Å². The highest BCUT2D eigenvalue weighted by molar-refractivity contribution is 6.14. The van der Waals surface area contributed by atoms with Gasteiger partial charge >= 0.3 is 0 Å². The molecule has 0 bridgehead atoms. The molecule has 0 atom stereocenters. The van der Waals surface area contributed by atoms with Gasteiger partial charge in [0.05, 0.1) is 28.1 Å². The van der Waals surface area contributed by atoms with Crippen molar-refractivity contribution >= 4 is 39.1 Å². The molecule has 5 heteroatoms. The van der Waals surface area contributed by atoms with E-state index in [0.29, 0.717) is 17.6 Å². The van der Waals surface area contributed by atoms with Crippen molar-refractivity contribution in [3.05, 3.63) is 283 Å². The van der Waals surface area contributed by atoms with Crippen LogP contribution < -0.4 is 4.90 Å². The SMILES string of the molecule is Cc1ccc(-c2nc(-c3ccccc3)nc(N(c3cc(-c4ccccc4)cc(-c4ccccc4)c3)c3ccccc3-c3ccccc3-n3c4cc5c(cc4c4cc6c(cc43)C(C)(C)c3ccccc3-6)-c3ccccc3C5(C)C)n2)cc1. The van der Waals surface area contributed by atoms with Gasteiger partial charge in [-0.25, -0.2) is 4.98 Å². The van der Waals surface area contributed by atoms with Gasteiger partial charge in [0.1, 0.15) is 0 Å². The first kappa shape index (κ1) is 48.2. The van der Waals surface area contributed by atoms with Crippen LogP contribution in [0.15, 0.2) is 255 Å². The minimum absolute atomic E-state index is 0.204. The zero-order chi connectivity index (χ0) is 54.6. The number of fused-ring (bicyclic) bond motifs is 9. The predicted molar refractivity (Wildman–Crippen MR) is 336 cm³/mol. The number of nitrogens with zero attached hydrogens (tertiary/aromatic N) is 5. The van der Waals surface area contributed by atoms with Crippen LogP contribution in [0.5, 0.6) is 0 Å². The molecule has 0 amide bonds. The molecule has 0 aliphatic heterocycles. The van der Waals surface area contributed by atoms with Crippen LogP contribution in [0.1, 0.15) is 55.5 Å². The lowest BCUT2D eigenvalue weighted by Gasteiger charge is -2.28. The number of rotatable bonds is 9. The number of anilines is 3. The Balaban J connectivity index is 1.02. The second-order valence-corrected chi connectivity index (χ2v) is 22.9. The summed E-state index contributed by atoms with van der Waals surface area (Å²) in [6, 6.07) is 92.7. The van der Waals surface area contributed by atoms with Gasteiger partial charge in [0.15, 0.2) is 11.6 Å². The smallest absolute Gasteiger partial charge is 0.238 e. The quantitative estimate of drug-likeness (QED) is 0.145. The average Bonchev–Trinajstić information content (AvgIpc) is 2.20. The van der Waals surface area contributed by atoms with Crippen molar-refractivity contribution in [3.8, 4) is 84.1 Å². The summed E-state index contributed by atoms with van der Waals surface area (Å²) in [5.74, 6) is 1.67. The molecule has 81 heavy (non-hydrogen) atoms. The second kappa shape index (κ2) is 18.6. The first-order valence-electron chi connectivity index (χ1n) is 28.1. The van der Waals surface area contributed by atoms with E-state index in [9.17, 15) is 0 Å². The molecule has 0 saturated heterocycles. The van der Waals surface area contributed by atoms with E-state index < -0.39 is 0 Å². The maximum atomic E-state index is 5.53. The molecule has 0 saturated carbocycles. The van der Waals surface area contributed by atoms with Crippen molar-refractivity contribution in [3.63, 3.8) is 0 Å². The van der Waals surface area contributed by atoms with Gasteiger partial charge in [-0.3, -0.25) is 4.90 Å². The van der Waals surface area contributed by atoms with Crippen LogP contribution in [-0.2, 0) is 10.8 Å². The molecule has 2 aliphatic carbocycles. The maximum Gasteiger partial charge on any atom is 0.238 e. The molecule has 13 aromatic rings. The summed E-state index contributed by atoms with van der Waals surface area (Å²) in [4.78, 5) is 18.6. The molecule has 0 fully saturated rings. The highest BCUT2D eigenvalue weighted by Crippen LogP contribution is 2.55. The van der Waals surface area contributed by atoms with Crippen molar-refractivity contribution in [2.75, 3.05) is 4.90 Å². The topological polar surface area (TPSA) is 46.8 Å². The maximum absolute atomic E-state index is 5.53. The highest BCUT2D eigenvalue weighted by Gasteiger charge is 2.39. The van der Waals surface area contributed by atoms with E-state index in [1.165, 1.54) is 66.3 Å². The predicted octanol–water partition coefficient (Wildman–Crippen LogP) is 19.7. The van der Waals surface area contributed by atoms with Crippen LogP contribution in [0.2, 0.25) is 0 Å². The number of hydrogen-bond donors (Lipinski definition) is 0. The molecule has 15 rings (SSSR count). The number of aryl methyl sites for hydroxylation is 1. The zero-order valence-electron chi connectivity index (χ0n) is 46.0. The fourth-order valence-electron chi connectivity index (χ4n) is 13.2. The average molecular weight is 1040 g/mol. The zero-order valence-corrected chi connectivity index (χ0v) is 46.0. The molecule has 11 aromatic carbocycles. The molecular formula is C76H57N5. The Morgan fingerprint density at radius 1 is 0.333 bits per heavy atom. The summed E-state index contributed by atoms with van der Waals surface area (Å²) in [6.45, 7) is 11.6. The van der Waals surface area contributed by atoms with E-state index >= 15 is 0 Å². The Kier molecular flexibility index (Phi) is 11.0. The minimum Gasteiger partial charge on any atom is -0.309 e. The van der Waals surface area contributed by atoms with Crippen LogP contribution in [0.3, 0.4) is 0 Å².